The fourth-order valence-electron chi connectivity index (χ4n) is 2.67. The van der Waals surface area contributed by atoms with E-state index in [9.17, 15) is 19.6 Å². The molecule has 0 aromatic rings. The van der Waals surface area contributed by atoms with Gasteiger partial charge in [-0.1, -0.05) is 0 Å². The first kappa shape index (κ1) is 17.2. The quantitative estimate of drug-likeness (QED) is 0.267. The number of nitrogens with one attached hydrogen (secondary N) is 1. The van der Waals surface area contributed by atoms with Crippen LogP contribution in [0.25, 0.3) is 0 Å². The standard InChI is InChI=1S/C10H16N5O8P/c11-10-13-7-4(8(18)14-10)12-2-15(7)9-6(17)5(16)3(23-9)1-22-24(19,20)21/h2-7,9,16-17H,1H2,(H2,19,20,21)(H3,11,13,14,18). The number of nitrogens with two attached hydrogens (primary N) is 1. The molecule has 6 unspecified atom stereocenters. The van der Waals surface area contributed by atoms with Crippen molar-refractivity contribution in [2.75, 3.05) is 6.61 Å². The van der Waals surface area contributed by atoms with E-state index in [1.165, 1.54) is 11.2 Å². The highest BCUT2D eigenvalue weighted by molar-refractivity contribution is 7.46. The minimum absolute atomic E-state index is 0.119. The van der Waals surface area contributed by atoms with E-state index < -0.39 is 57.1 Å². The molecular formula is C10H16N5O8P. The van der Waals surface area contributed by atoms with Gasteiger partial charge in [0, 0.05) is 0 Å². The van der Waals surface area contributed by atoms with E-state index in [0.717, 1.165) is 0 Å². The molecule has 13 nitrogen and oxygen atoms in total. The zero-order valence-corrected chi connectivity index (χ0v) is 12.9. The molecule has 0 radical (unpaired) electrons. The Kier molecular flexibility index (Phi) is 4.34. The topological polar surface area (TPSA) is 200 Å². The van der Waals surface area contributed by atoms with Gasteiger partial charge in [0.2, 0.25) is 0 Å². The first-order valence-corrected chi connectivity index (χ1v) is 8.37. The SMILES string of the molecule is NC1=NC2C(N=CN2C2OC(COP(=O)(O)O)C(O)C2O)C(=O)N1. The maximum absolute atomic E-state index is 11.8. The molecule has 3 heterocycles. The van der Waals surface area contributed by atoms with Crippen molar-refractivity contribution < 1.29 is 38.6 Å². The second-order valence-electron chi connectivity index (χ2n) is 5.41. The fourth-order valence-corrected chi connectivity index (χ4v) is 3.01. The zero-order chi connectivity index (χ0) is 17.6. The number of hydrogen-bond donors (Lipinski definition) is 6. The van der Waals surface area contributed by atoms with Crippen LogP contribution in [-0.4, -0.2) is 86.5 Å². The molecule has 0 bridgehead atoms. The number of carbonyl (C=O) groups is 1. The number of phosphoric ester groups is 1. The monoisotopic (exact) mass is 365 g/mol. The summed E-state index contributed by atoms with van der Waals surface area (Å²) >= 11 is 0. The third kappa shape index (κ3) is 3.15. The lowest BCUT2D eigenvalue weighted by Gasteiger charge is -2.32. The lowest BCUT2D eigenvalue weighted by atomic mass is 10.1. The molecule has 0 aliphatic carbocycles. The van der Waals surface area contributed by atoms with Gasteiger partial charge in [0.15, 0.2) is 24.4 Å². The van der Waals surface area contributed by atoms with Gasteiger partial charge in [-0.05, 0) is 0 Å². The Balaban J connectivity index is 1.73. The van der Waals surface area contributed by atoms with E-state index in [2.05, 4.69) is 19.8 Å². The number of fused-ring (bicyclic) bond motifs is 1. The van der Waals surface area contributed by atoms with Gasteiger partial charge in [-0.3, -0.25) is 19.6 Å². The summed E-state index contributed by atoms with van der Waals surface area (Å²) in [7, 11) is -4.75. The highest BCUT2D eigenvalue weighted by atomic mass is 31.2. The molecule has 1 amide bonds. The Morgan fingerprint density at radius 3 is 2.79 bits per heavy atom. The molecule has 0 aromatic heterocycles. The first-order valence-electron chi connectivity index (χ1n) is 6.84. The largest absolute Gasteiger partial charge is 0.469 e. The van der Waals surface area contributed by atoms with Crippen molar-refractivity contribution in [1.29, 1.82) is 0 Å². The summed E-state index contributed by atoms with van der Waals surface area (Å²) in [5.74, 6) is -0.591. The Morgan fingerprint density at radius 1 is 1.42 bits per heavy atom. The zero-order valence-electron chi connectivity index (χ0n) is 12.0. The Labute approximate surface area is 135 Å². The molecule has 0 aromatic carbocycles. The van der Waals surface area contributed by atoms with Crippen molar-refractivity contribution in [2.24, 2.45) is 15.7 Å². The van der Waals surface area contributed by atoms with Crippen LogP contribution in [0.5, 0.6) is 0 Å². The van der Waals surface area contributed by atoms with Crippen molar-refractivity contribution in [3.63, 3.8) is 0 Å². The molecule has 14 heteroatoms. The number of amides is 1. The number of nitrogens with zero attached hydrogens (tertiary/aromatic N) is 3. The van der Waals surface area contributed by atoms with Gasteiger partial charge in [0.05, 0.1) is 12.9 Å². The van der Waals surface area contributed by atoms with Gasteiger partial charge in [-0.2, -0.15) is 0 Å². The lowest BCUT2D eigenvalue weighted by molar-refractivity contribution is -0.124. The molecular weight excluding hydrogens is 349 g/mol. The third-order valence-corrected chi connectivity index (χ3v) is 4.26. The van der Waals surface area contributed by atoms with Crippen LogP contribution in [0.1, 0.15) is 0 Å². The minimum atomic E-state index is -4.75. The van der Waals surface area contributed by atoms with Gasteiger partial charge in [-0.25, -0.2) is 9.56 Å². The molecule has 6 atom stereocenters. The van der Waals surface area contributed by atoms with E-state index in [0.29, 0.717) is 0 Å². The first-order chi connectivity index (χ1) is 11.2. The molecule has 3 aliphatic rings. The molecule has 1 fully saturated rings. The van der Waals surface area contributed by atoms with Crippen molar-refractivity contribution >= 4 is 26.0 Å². The fraction of sp³-hybridized carbons (Fsp3) is 0.700. The van der Waals surface area contributed by atoms with Gasteiger partial charge in [0.25, 0.3) is 5.91 Å². The van der Waals surface area contributed by atoms with Crippen molar-refractivity contribution in [1.82, 2.24) is 10.2 Å². The molecule has 1 saturated heterocycles. The van der Waals surface area contributed by atoms with Crippen molar-refractivity contribution in [2.45, 2.75) is 36.7 Å². The normalized spacial score (nSPS) is 38.9. The number of carbonyl (C=O) groups excluding carboxylic acids is 1. The maximum Gasteiger partial charge on any atom is 0.469 e. The number of aliphatic hydroxyl groups is 2. The number of rotatable bonds is 4. The second kappa shape index (κ2) is 6.04. The number of hydrogen-bond acceptors (Lipinski definition) is 10. The maximum atomic E-state index is 11.8. The average molecular weight is 365 g/mol. The molecule has 0 saturated carbocycles. The van der Waals surface area contributed by atoms with Crippen molar-refractivity contribution in [3.8, 4) is 0 Å². The van der Waals surface area contributed by atoms with Gasteiger partial charge >= 0.3 is 7.82 Å². The number of aliphatic imine (C=N–C) groups is 2. The molecule has 3 aliphatic heterocycles. The smallest absolute Gasteiger partial charge is 0.387 e. The van der Waals surface area contributed by atoms with E-state index in [1.54, 1.807) is 0 Å². The molecule has 134 valence electrons. The van der Waals surface area contributed by atoms with Gasteiger partial charge < -0.3 is 35.4 Å². The number of aliphatic hydroxyl groups excluding tert-OH is 2. The van der Waals surface area contributed by atoms with Crippen LogP contribution >= 0.6 is 7.82 Å². The van der Waals surface area contributed by atoms with E-state index in [1.807, 2.05) is 0 Å². The molecule has 24 heavy (non-hydrogen) atoms. The predicted octanol–water partition coefficient (Wildman–Crippen LogP) is -3.97. The third-order valence-electron chi connectivity index (χ3n) is 3.78. The summed E-state index contributed by atoms with van der Waals surface area (Å²) in [6.45, 7) is -0.635. The van der Waals surface area contributed by atoms with Crippen LogP contribution in [0.2, 0.25) is 0 Å². The van der Waals surface area contributed by atoms with E-state index in [-0.39, 0.29) is 5.96 Å². The van der Waals surface area contributed by atoms with Crippen LogP contribution in [-0.2, 0) is 18.6 Å². The van der Waals surface area contributed by atoms with Gasteiger partial charge in [0.1, 0.15) is 18.3 Å². The number of guanidine groups is 1. The molecule has 7 N–H and O–H groups in total. The van der Waals surface area contributed by atoms with Crippen LogP contribution in [0, 0.1) is 0 Å². The second-order valence-corrected chi connectivity index (χ2v) is 6.65. The highest BCUT2D eigenvalue weighted by Gasteiger charge is 2.51. The Hall–Kier alpha value is -1.60. The van der Waals surface area contributed by atoms with Crippen LogP contribution in [0.15, 0.2) is 9.98 Å². The summed E-state index contributed by atoms with van der Waals surface area (Å²) in [5, 5.41) is 22.4. The Bertz CT molecular complexity index is 637. The Morgan fingerprint density at radius 2 is 2.12 bits per heavy atom. The predicted molar refractivity (Wildman–Crippen MR) is 76.3 cm³/mol. The highest BCUT2D eigenvalue weighted by Crippen LogP contribution is 2.37. The van der Waals surface area contributed by atoms with Crippen LogP contribution in [0.4, 0.5) is 0 Å². The molecule has 0 spiro atoms. The van der Waals surface area contributed by atoms with Gasteiger partial charge in [-0.15, -0.1) is 0 Å². The van der Waals surface area contributed by atoms with Crippen molar-refractivity contribution in [3.05, 3.63) is 0 Å². The molecule has 3 rings (SSSR count). The summed E-state index contributed by atoms with van der Waals surface area (Å²) in [6, 6.07) is -0.879. The van der Waals surface area contributed by atoms with Crippen LogP contribution < -0.4 is 11.1 Å². The van der Waals surface area contributed by atoms with E-state index in [4.69, 9.17) is 20.3 Å². The summed E-state index contributed by atoms with van der Waals surface area (Å²) < 4.78 is 20.4. The lowest BCUT2D eigenvalue weighted by Crippen LogP contribution is -2.56. The summed E-state index contributed by atoms with van der Waals surface area (Å²) in [4.78, 5) is 38.5. The summed E-state index contributed by atoms with van der Waals surface area (Å²) in [6.07, 6.45) is -4.86. The number of phosphoric acid groups is 1. The summed E-state index contributed by atoms with van der Waals surface area (Å²) in [5.41, 5.74) is 5.50. The minimum Gasteiger partial charge on any atom is -0.387 e. The number of ether oxygens (including phenoxy) is 1. The average Bonchev–Trinajstić information content (AvgIpc) is 3.00. The van der Waals surface area contributed by atoms with Crippen LogP contribution in [0.3, 0.4) is 0 Å². The van der Waals surface area contributed by atoms with E-state index >= 15 is 0 Å².